The first kappa shape index (κ1) is 24.3. The third kappa shape index (κ3) is 4.13. The van der Waals surface area contributed by atoms with Crippen LogP contribution in [-0.2, 0) is 14.9 Å². The molecule has 8 heteroatoms. The number of anilines is 1. The highest BCUT2D eigenvalue weighted by Gasteiger charge is 2.53. The van der Waals surface area contributed by atoms with Gasteiger partial charge in [-0.1, -0.05) is 17.7 Å². The van der Waals surface area contributed by atoms with Gasteiger partial charge in [0.05, 0.1) is 20.2 Å². The van der Waals surface area contributed by atoms with Gasteiger partial charge in [-0.2, -0.15) is 4.79 Å². The minimum Gasteiger partial charge on any atom is -0.468 e. The number of halogens is 1. The largest absolute Gasteiger partial charge is 0.513 e. The van der Waals surface area contributed by atoms with Crippen LogP contribution in [0.4, 0.5) is 10.5 Å². The van der Waals surface area contributed by atoms with Crippen molar-refractivity contribution in [2.75, 3.05) is 45.2 Å². The molecule has 7 nitrogen and oxygen atoms in total. The van der Waals surface area contributed by atoms with Crippen LogP contribution in [-0.4, -0.2) is 78.0 Å². The van der Waals surface area contributed by atoms with Crippen LogP contribution in [0.1, 0.15) is 52.0 Å². The Morgan fingerprint density at radius 2 is 1.88 bits per heavy atom. The predicted molar refractivity (Wildman–Crippen MR) is 129 cm³/mol. The molecule has 0 aromatic heterocycles. The lowest BCUT2D eigenvalue weighted by Crippen LogP contribution is -2.67. The molecule has 1 unspecified atom stereocenters. The quantitative estimate of drug-likeness (QED) is 0.497. The Morgan fingerprint density at radius 3 is 2.42 bits per heavy atom. The molecule has 3 aliphatic rings. The molecule has 3 heterocycles. The number of hydrogen-bond acceptors (Lipinski definition) is 5. The van der Waals surface area contributed by atoms with Crippen molar-refractivity contribution in [2.24, 2.45) is 5.92 Å². The molecule has 1 spiro atoms. The van der Waals surface area contributed by atoms with E-state index < -0.39 is 6.09 Å². The second-order valence-corrected chi connectivity index (χ2v) is 11.5. The lowest BCUT2D eigenvalue weighted by molar-refractivity contribution is -0.909. The van der Waals surface area contributed by atoms with E-state index in [2.05, 4.69) is 16.3 Å². The molecule has 0 saturated carbocycles. The summed E-state index contributed by atoms with van der Waals surface area (Å²) in [4.78, 5) is 27.4. The van der Waals surface area contributed by atoms with Crippen LogP contribution in [0.3, 0.4) is 0 Å². The highest BCUT2D eigenvalue weighted by molar-refractivity contribution is 6.30. The number of carbonyl (C=O) groups is 2. The van der Waals surface area contributed by atoms with E-state index in [1.54, 1.807) is 0 Å². The minimum atomic E-state index is -0.775. The summed E-state index contributed by atoms with van der Waals surface area (Å²) in [5.41, 5.74) is 2.14. The lowest BCUT2D eigenvalue weighted by atomic mass is 9.73. The molecule has 33 heavy (non-hydrogen) atoms. The smallest absolute Gasteiger partial charge is 0.468 e. The van der Waals surface area contributed by atoms with Crippen molar-refractivity contribution in [3.63, 3.8) is 0 Å². The summed E-state index contributed by atoms with van der Waals surface area (Å²) in [6.07, 6.45) is 2.56. The molecule has 3 aliphatic heterocycles. The zero-order valence-electron chi connectivity index (χ0n) is 20.2. The van der Waals surface area contributed by atoms with E-state index in [0.717, 1.165) is 43.2 Å². The van der Waals surface area contributed by atoms with Gasteiger partial charge < -0.3 is 15.2 Å². The monoisotopic (exact) mass is 478 g/mol. The minimum absolute atomic E-state index is 0.0471. The molecule has 0 bridgehead atoms. The van der Waals surface area contributed by atoms with E-state index in [9.17, 15) is 14.7 Å². The Hall–Kier alpha value is -1.83. The average Bonchev–Trinajstić information content (AvgIpc) is 3.11. The van der Waals surface area contributed by atoms with E-state index >= 15 is 0 Å². The molecular formula is C25H37ClN3O4+. The normalized spacial score (nSPS) is 28.1. The fraction of sp³-hybridized carbons (Fsp3) is 0.680. The number of nitrogens with one attached hydrogen (secondary N) is 1. The summed E-state index contributed by atoms with van der Waals surface area (Å²) in [7, 11) is 1.46. The highest BCUT2D eigenvalue weighted by Crippen LogP contribution is 2.46. The third-order valence-corrected chi connectivity index (χ3v) is 8.86. The molecular weight excluding hydrogens is 442 g/mol. The molecule has 2 N–H and O–H groups in total. The van der Waals surface area contributed by atoms with Crippen LogP contribution in [0.25, 0.3) is 0 Å². The Labute approximate surface area is 201 Å². The first-order chi connectivity index (χ1) is 15.5. The van der Waals surface area contributed by atoms with Gasteiger partial charge in [0.2, 0.25) is 0 Å². The molecule has 1 amide bonds. The number of benzene rings is 1. The lowest BCUT2D eigenvalue weighted by Gasteiger charge is -2.50. The predicted octanol–water partition coefficient (Wildman–Crippen LogP) is 4.34. The van der Waals surface area contributed by atoms with Crippen LogP contribution < -0.4 is 5.32 Å². The Bertz CT molecular complexity index is 913. The van der Waals surface area contributed by atoms with Crippen molar-refractivity contribution < 1.29 is 23.9 Å². The Balaban J connectivity index is 1.48. The fourth-order valence-corrected chi connectivity index (χ4v) is 6.59. The zero-order chi connectivity index (χ0) is 24.0. The van der Waals surface area contributed by atoms with Crippen LogP contribution in [0.15, 0.2) is 18.2 Å². The molecule has 182 valence electrons. The summed E-state index contributed by atoms with van der Waals surface area (Å²) in [5, 5.41) is 14.3. The van der Waals surface area contributed by atoms with Gasteiger partial charge in [-0.15, -0.1) is 0 Å². The number of carbonyl (C=O) groups excluding carboxylic acids is 1. The van der Waals surface area contributed by atoms with Gasteiger partial charge in [0, 0.05) is 35.5 Å². The van der Waals surface area contributed by atoms with E-state index in [0.29, 0.717) is 25.9 Å². The number of likely N-dealkylation sites (tertiary alicyclic amines) is 2. The van der Waals surface area contributed by atoms with Gasteiger partial charge in [-0.25, -0.2) is 4.48 Å². The number of nitrogens with zero attached hydrogens (tertiary/aromatic N) is 2. The second-order valence-electron chi connectivity index (χ2n) is 11.0. The van der Waals surface area contributed by atoms with Gasteiger partial charge in [0.25, 0.3) is 0 Å². The maximum absolute atomic E-state index is 12.9. The standard InChI is InChI=1S/C25H36ClN3O4/c1-24(2,3)29(23(31)32)13-7-17(8-14-29)21(22(30)33-4)28-11-9-25(10-12-28)16-27-20-15-18(26)5-6-19(20)25/h5-6,15,17,21,27H,7-14,16H2,1-4H3/p+1. The Morgan fingerprint density at radius 1 is 1.24 bits per heavy atom. The number of hydrogen-bond donors (Lipinski definition) is 2. The van der Waals surface area contributed by atoms with Gasteiger partial charge in [0.1, 0.15) is 11.6 Å². The number of fused-ring (bicyclic) bond motifs is 2. The molecule has 1 aromatic carbocycles. The van der Waals surface area contributed by atoms with E-state index in [1.807, 2.05) is 32.9 Å². The number of carboxylic acid groups (broad SMARTS) is 1. The SMILES string of the molecule is COC(=O)C(C1CC[N+](C(=O)O)(C(C)(C)C)CC1)N1CCC2(CC1)CNc1cc(Cl)ccc12. The summed E-state index contributed by atoms with van der Waals surface area (Å²) >= 11 is 6.18. The van der Waals surface area contributed by atoms with Crippen LogP contribution >= 0.6 is 11.6 Å². The maximum atomic E-state index is 12.9. The number of esters is 1. The summed E-state index contributed by atoms with van der Waals surface area (Å²) < 4.78 is 5.29. The zero-order valence-corrected chi connectivity index (χ0v) is 21.0. The molecule has 2 saturated heterocycles. The second kappa shape index (κ2) is 8.75. The van der Waals surface area contributed by atoms with Crippen molar-refractivity contribution in [1.82, 2.24) is 4.90 Å². The topological polar surface area (TPSA) is 78.9 Å². The van der Waals surface area contributed by atoms with E-state index in [1.165, 1.54) is 12.7 Å². The van der Waals surface area contributed by atoms with Gasteiger partial charge in [-0.3, -0.25) is 9.69 Å². The van der Waals surface area contributed by atoms with Crippen molar-refractivity contribution in [2.45, 2.75) is 63.5 Å². The molecule has 0 radical (unpaired) electrons. The van der Waals surface area contributed by atoms with Gasteiger partial charge >= 0.3 is 12.1 Å². The van der Waals surface area contributed by atoms with Gasteiger partial charge in [0.15, 0.2) is 0 Å². The van der Waals surface area contributed by atoms with Crippen molar-refractivity contribution in [3.05, 3.63) is 28.8 Å². The maximum Gasteiger partial charge on any atom is 0.513 e. The number of amides is 1. The number of rotatable bonds is 3. The first-order valence-corrected chi connectivity index (χ1v) is 12.4. The number of methoxy groups -OCH3 is 1. The fourth-order valence-electron chi connectivity index (χ4n) is 6.41. The molecule has 1 atom stereocenters. The number of ether oxygens (including phenoxy) is 1. The highest BCUT2D eigenvalue weighted by atomic mass is 35.5. The van der Waals surface area contributed by atoms with Crippen LogP contribution in [0.2, 0.25) is 5.02 Å². The van der Waals surface area contributed by atoms with Crippen molar-refractivity contribution >= 4 is 29.4 Å². The van der Waals surface area contributed by atoms with Crippen LogP contribution in [0.5, 0.6) is 0 Å². The van der Waals surface area contributed by atoms with Gasteiger partial charge in [-0.05, 0) is 70.3 Å². The molecule has 4 rings (SSSR count). The summed E-state index contributed by atoms with van der Waals surface area (Å²) in [5.74, 6) is -0.0917. The number of quaternary nitrogens is 1. The van der Waals surface area contributed by atoms with Crippen molar-refractivity contribution in [3.8, 4) is 0 Å². The first-order valence-electron chi connectivity index (χ1n) is 12.0. The van der Waals surface area contributed by atoms with E-state index in [4.69, 9.17) is 16.3 Å². The molecule has 2 fully saturated rings. The summed E-state index contributed by atoms with van der Waals surface area (Å²) in [6.45, 7) is 9.57. The summed E-state index contributed by atoms with van der Waals surface area (Å²) in [6, 6.07) is 5.78. The molecule has 0 aliphatic carbocycles. The van der Waals surface area contributed by atoms with Crippen molar-refractivity contribution in [1.29, 1.82) is 0 Å². The third-order valence-electron chi connectivity index (χ3n) is 8.62. The van der Waals surface area contributed by atoms with E-state index in [-0.39, 0.29) is 33.4 Å². The van der Waals surface area contributed by atoms with Crippen LogP contribution in [0, 0.1) is 5.92 Å². The number of piperidine rings is 2. The Kier molecular flexibility index (Phi) is 6.44. The average molecular weight is 479 g/mol. The molecule has 1 aromatic rings.